The summed E-state index contributed by atoms with van der Waals surface area (Å²) < 4.78 is 11.1. The summed E-state index contributed by atoms with van der Waals surface area (Å²) in [7, 11) is 0. The number of nitrogens with one attached hydrogen (secondary N) is 1. The minimum atomic E-state index is 0.458. The van der Waals surface area contributed by atoms with Crippen molar-refractivity contribution in [1.29, 1.82) is 0 Å². The second kappa shape index (κ2) is 11.1. The molecule has 3 N–H and O–H groups in total. The first-order valence-electron chi connectivity index (χ1n) is 7.84. The van der Waals surface area contributed by atoms with Gasteiger partial charge in [0.1, 0.15) is 12.0 Å². The second-order valence-electron chi connectivity index (χ2n) is 4.89. The minimum absolute atomic E-state index is 0.458. The molecule has 0 aliphatic rings. The Kier molecular flexibility index (Phi) is 9.28. The van der Waals surface area contributed by atoms with Gasteiger partial charge in [-0.2, -0.15) is 4.98 Å². The molecule has 0 atom stereocenters. The number of nitrogens with two attached hydrogens (primary N) is 1. The van der Waals surface area contributed by atoms with E-state index >= 15 is 0 Å². The highest BCUT2D eigenvalue weighted by Crippen LogP contribution is 2.24. The van der Waals surface area contributed by atoms with Crippen LogP contribution in [0.1, 0.15) is 46.0 Å². The Labute approximate surface area is 127 Å². The predicted molar refractivity (Wildman–Crippen MR) is 85.7 cm³/mol. The van der Waals surface area contributed by atoms with Crippen molar-refractivity contribution in [3.05, 3.63) is 6.33 Å². The van der Waals surface area contributed by atoms with Gasteiger partial charge in [0, 0.05) is 19.8 Å². The van der Waals surface area contributed by atoms with Crippen LogP contribution in [0.2, 0.25) is 0 Å². The Hall–Kier alpha value is -1.56. The number of ether oxygens (including phenoxy) is 2. The number of unbranched alkanes of at least 4 members (excludes halogenated alkanes) is 2. The molecule has 0 saturated carbocycles. The van der Waals surface area contributed by atoms with Gasteiger partial charge in [0.2, 0.25) is 5.88 Å². The van der Waals surface area contributed by atoms with Gasteiger partial charge in [-0.1, -0.05) is 26.7 Å². The molecule has 6 heteroatoms. The van der Waals surface area contributed by atoms with Crippen molar-refractivity contribution in [2.45, 2.75) is 46.0 Å². The molecule has 1 aromatic rings. The predicted octanol–water partition coefficient (Wildman–Crippen LogP) is 2.86. The average Bonchev–Trinajstić information content (AvgIpc) is 2.49. The van der Waals surface area contributed by atoms with Gasteiger partial charge in [0.05, 0.1) is 6.61 Å². The molecule has 0 aliphatic carbocycles. The third kappa shape index (κ3) is 7.13. The molecule has 21 heavy (non-hydrogen) atoms. The molecule has 0 fully saturated rings. The van der Waals surface area contributed by atoms with Crippen LogP contribution in [0.3, 0.4) is 0 Å². The number of nitrogens with zero attached hydrogens (tertiary/aromatic N) is 2. The van der Waals surface area contributed by atoms with E-state index in [2.05, 4.69) is 29.1 Å². The SMILES string of the molecule is CCCCOCCCNc1ncnc(OCCCC)c1N. The molecule has 0 saturated heterocycles. The number of rotatable bonds is 12. The van der Waals surface area contributed by atoms with Crippen molar-refractivity contribution in [2.24, 2.45) is 0 Å². The lowest BCUT2D eigenvalue weighted by atomic mass is 10.3. The van der Waals surface area contributed by atoms with Crippen LogP contribution in [-0.2, 0) is 4.74 Å². The number of aromatic nitrogens is 2. The summed E-state index contributed by atoms with van der Waals surface area (Å²) >= 11 is 0. The zero-order valence-corrected chi connectivity index (χ0v) is 13.2. The van der Waals surface area contributed by atoms with E-state index in [0.717, 1.165) is 51.9 Å². The van der Waals surface area contributed by atoms with Crippen LogP contribution in [0.5, 0.6) is 5.88 Å². The first kappa shape index (κ1) is 17.5. The summed E-state index contributed by atoms with van der Waals surface area (Å²) in [5.41, 5.74) is 6.47. The second-order valence-corrected chi connectivity index (χ2v) is 4.89. The van der Waals surface area contributed by atoms with E-state index in [9.17, 15) is 0 Å². The van der Waals surface area contributed by atoms with E-state index in [0.29, 0.717) is 24.0 Å². The minimum Gasteiger partial charge on any atom is -0.476 e. The molecule has 0 radical (unpaired) electrons. The summed E-state index contributed by atoms with van der Waals surface area (Å²) in [6.45, 7) is 7.24. The zero-order chi connectivity index (χ0) is 15.3. The van der Waals surface area contributed by atoms with Crippen LogP contribution in [-0.4, -0.2) is 36.3 Å². The average molecular weight is 296 g/mol. The van der Waals surface area contributed by atoms with Crippen molar-refractivity contribution in [1.82, 2.24) is 9.97 Å². The van der Waals surface area contributed by atoms with E-state index in [4.69, 9.17) is 15.2 Å². The Balaban J connectivity index is 2.29. The van der Waals surface area contributed by atoms with Crippen LogP contribution in [0.4, 0.5) is 11.5 Å². The first-order valence-corrected chi connectivity index (χ1v) is 7.84. The Bertz CT molecular complexity index is 388. The maximum atomic E-state index is 6.00. The number of anilines is 2. The monoisotopic (exact) mass is 296 g/mol. The lowest BCUT2D eigenvalue weighted by molar-refractivity contribution is 0.131. The van der Waals surface area contributed by atoms with Gasteiger partial charge in [0.15, 0.2) is 5.82 Å². The van der Waals surface area contributed by atoms with E-state index in [-0.39, 0.29) is 0 Å². The maximum Gasteiger partial charge on any atom is 0.242 e. The molecule has 1 aromatic heterocycles. The van der Waals surface area contributed by atoms with E-state index in [1.165, 1.54) is 6.33 Å². The van der Waals surface area contributed by atoms with Crippen LogP contribution in [0, 0.1) is 0 Å². The third-order valence-electron chi connectivity index (χ3n) is 2.98. The molecule has 1 rings (SSSR count). The molecule has 0 amide bonds. The highest BCUT2D eigenvalue weighted by atomic mass is 16.5. The van der Waals surface area contributed by atoms with Gasteiger partial charge in [0.25, 0.3) is 0 Å². The van der Waals surface area contributed by atoms with Crippen molar-refractivity contribution < 1.29 is 9.47 Å². The van der Waals surface area contributed by atoms with Gasteiger partial charge in [-0.05, 0) is 19.3 Å². The van der Waals surface area contributed by atoms with E-state index in [1.807, 2.05) is 0 Å². The van der Waals surface area contributed by atoms with E-state index < -0.39 is 0 Å². The van der Waals surface area contributed by atoms with Crippen molar-refractivity contribution >= 4 is 11.5 Å². The summed E-state index contributed by atoms with van der Waals surface area (Å²) in [6.07, 6.45) is 6.73. The van der Waals surface area contributed by atoms with Crippen LogP contribution < -0.4 is 15.8 Å². The van der Waals surface area contributed by atoms with Crippen molar-refractivity contribution in [3.8, 4) is 5.88 Å². The standard InChI is InChI=1S/C15H28N4O2/c1-3-5-9-20-10-7-8-17-14-13(16)15(19-12-18-14)21-11-6-4-2/h12H,3-11,16H2,1-2H3,(H,17,18,19). The van der Waals surface area contributed by atoms with Crippen LogP contribution in [0.15, 0.2) is 6.33 Å². The van der Waals surface area contributed by atoms with Gasteiger partial charge in [-0.3, -0.25) is 0 Å². The molecule has 1 heterocycles. The Morgan fingerprint density at radius 1 is 1.05 bits per heavy atom. The summed E-state index contributed by atoms with van der Waals surface area (Å²) in [5.74, 6) is 1.09. The van der Waals surface area contributed by atoms with Gasteiger partial charge in [-0.25, -0.2) is 4.98 Å². The summed E-state index contributed by atoms with van der Waals surface area (Å²) in [6, 6.07) is 0. The van der Waals surface area contributed by atoms with Gasteiger partial charge < -0.3 is 20.5 Å². The number of hydrogen-bond donors (Lipinski definition) is 2. The first-order chi connectivity index (χ1) is 10.3. The molecule has 0 bridgehead atoms. The molecule has 6 nitrogen and oxygen atoms in total. The molecule has 120 valence electrons. The number of hydrogen-bond acceptors (Lipinski definition) is 6. The summed E-state index contributed by atoms with van der Waals surface area (Å²) in [4.78, 5) is 8.21. The number of nitrogen functional groups attached to an aromatic ring is 1. The maximum absolute atomic E-state index is 6.00. The lowest BCUT2D eigenvalue weighted by Gasteiger charge is -2.11. The fourth-order valence-corrected chi connectivity index (χ4v) is 1.68. The molecule has 0 spiro atoms. The van der Waals surface area contributed by atoms with Gasteiger partial charge in [-0.15, -0.1) is 0 Å². The molecule has 0 aromatic carbocycles. The molecular formula is C15H28N4O2. The van der Waals surface area contributed by atoms with Crippen LogP contribution in [0.25, 0.3) is 0 Å². The highest BCUT2D eigenvalue weighted by molar-refractivity contribution is 5.66. The topological polar surface area (TPSA) is 82.3 Å². The summed E-state index contributed by atoms with van der Waals surface area (Å²) in [5, 5.41) is 3.20. The van der Waals surface area contributed by atoms with Crippen LogP contribution >= 0.6 is 0 Å². The van der Waals surface area contributed by atoms with Crippen molar-refractivity contribution in [3.63, 3.8) is 0 Å². The largest absolute Gasteiger partial charge is 0.476 e. The fourth-order valence-electron chi connectivity index (χ4n) is 1.68. The molecular weight excluding hydrogens is 268 g/mol. The Morgan fingerprint density at radius 2 is 1.76 bits per heavy atom. The molecule has 0 aliphatic heterocycles. The smallest absolute Gasteiger partial charge is 0.242 e. The fraction of sp³-hybridized carbons (Fsp3) is 0.733. The lowest BCUT2D eigenvalue weighted by Crippen LogP contribution is -2.11. The third-order valence-corrected chi connectivity index (χ3v) is 2.98. The quantitative estimate of drug-likeness (QED) is 0.577. The molecule has 0 unspecified atom stereocenters. The van der Waals surface area contributed by atoms with E-state index in [1.54, 1.807) is 0 Å². The van der Waals surface area contributed by atoms with Crippen molar-refractivity contribution in [2.75, 3.05) is 37.4 Å². The van der Waals surface area contributed by atoms with Gasteiger partial charge >= 0.3 is 0 Å². The Morgan fingerprint density at radius 3 is 2.52 bits per heavy atom. The normalized spacial score (nSPS) is 10.6. The highest BCUT2D eigenvalue weighted by Gasteiger charge is 2.08. The zero-order valence-electron chi connectivity index (χ0n) is 13.2.